The lowest BCUT2D eigenvalue weighted by Crippen LogP contribution is -2.34. The van der Waals surface area contributed by atoms with E-state index in [1.165, 1.54) is 37.1 Å². The Morgan fingerprint density at radius 3 is 2.87 bits per heavy atom. The minimum Gasteiger partial charge on any atom is -0.346 e. The molecule has 1 unspecified atom stereocenters. The van der Waals surface area contributed by atoms with Crippen molar-refractivity contribution in [3.05, 3.63) is 17.2 Å². The minimum atomic E-state index is 0.529. The fourth-order valence-corrected chi connectivity index (χ4v) is 3.14. The maximum absolute atomic E-state index is 4.66. The van der Waals surface area contributed by atoms with Crippen LogP contribution >= 0.6 is 0 Å². The molecule has 1 aliphatic carbocycles. The monoisotopic (exact) mass is 205 g/mol. The Morgan fingerprint density at radius 2 is 2.07 bits per heavy atom. The van der Waals surface area contributed by atoms with Crippen LogP contribution in [0.25, 0.3) is 0 Å². The van der Waals surface area contributed by atoms with Crippen molar-refractivity contribution in [3.8, 4) is 0 Å². The molecule has 1 aromatic heterocycles. The van der Waals surface area contributed by atoms with Gasteiger partial charge in [0.15, 0.2) is 0 Å². The number of H-pyrrole nitrogens is 1. The van der Waals surface area contributed by atoms with Crippen LogP contribution in [0.4, 0.5) is 0 Å². The third kappa shape index (κ3) is 1.59. The van der Waals surface area contributed by atoms with Crippen LogP contribution in [0.15, 0.2) is 0 Å². The van der Waals surface area contributed by atoms with E-state index in [2.05, 4.69) is 22.2 Å². The summed E-state index contributed by atoms with van der Waals surface area (Å²) >= 11 is 0. The average Bonchev–Trinajstić information content (AvgIpc) is 2.82. The third-order valence-electron chi connectivity index (χ3n) is 3.83. The van der Waals surface area contributed by atoms with E-state index in [0.717, 1.165) is 24.7 Å². The number of aromatic amines is 1. The minimum absolute atomic E-state index is 0.529. The Balaban J connectivity index is 1.90. The molecule has 0 amide bonds. The summed E-state index contributed by atoms with van der Waals surface area (Å²) in [6.45, 7) is 3.17. The summed E-state index contributed by atoms with van der Waals surface area (Å²) in [5.41, 5.74) is 2.69. The van der Waals surface area contributed by atoms with E-state index < -0.39 is 0 Å². The molecule has 0 spiro atoms. The Hall–Kier alpha value is -0.830. The van der Waals surface area contributed by atoms with E-state index in [0.29, 0.717) is 6.04 Å². The van der Waals surface area contributed by atoms with Gasteiger partial charge in [0.25, 0.3) is 0 Å². The first kappa shape index (κ1) is 9.40. The van der Waals surface area contributed by atoms with Gasteiger partial charge in [0.05, 0.1) is 11.7 Å². The fourth-order valence-electron chi connectivity index (χ4n) is 3.14. The molecule has 1 aromatic rings. The topological polar surface area (TPSA) is 40.7 Å². The van der Waals surface area contributed by atoms with Crippen molar-refractivity contribution < 1.29 is 0 Å². The summed E-state index contributed by atoms with van der Waals surface area (Å²) in [5.74, 6) is 1.90. The number of fused-ring (bicyclic) bond motifs is 1. The molecule has 1 aliphatic heterocycles. The number of aryl methyl sites for hydroxylation is 1. The standard InChI is InChI=1S/C12H19N3/c1-8-14-10-6-7-13-11(12(10)15-8)9-4-2-3-5-9/h9,11,13H,2-7H2,1H3,(H,14,15). The smallest absolute Gasteiger partial charge is 0.103 e. The summed E-state index contributed by atoms with van der Waals surface area (Å²) in [7, 11) is 0. The Labute approximate surface area is 90.7 Å². The highest BCUT2D eigenvalue weighted by Crippen LogP contribution is 2.37. The molecule has 0 bridgehead atoms. The van der Waals surface area contributed by atoms with E-state index >= 15 is 0 Å². The van der Waals surface area contributed by atoms with Crippen LogP contribution in [0.2, 0.25) is 0 Å². The number of rotatable bonds is 1. The van der Waals surface area contributed by atoms with Crippen LogP contribution in [0.1, 0.15) is 48.9 Å². The van der Waals surface area contributed by atoms with Gasteiger partial charge in [-0.25, -0.2) is 4.98 Å². The quantitative estimate of drug-likeness (QED) is 0.737. The Morgan fingerprint density at radius 1 is 1.27 bits per heavy atom. The van der Waals surface area contributed by atoms with E-state index in [-0.39, 0.29) is 0 Å². The Bertz CT molecular complexity index is 350. The highest BCUT2D eigenvalue weighted by Gasteiger charge is 2.31. The number of imidazole rings is 1. The van der Waals surface area contributed by atoms with Gasteiger partial charge in [-0.15, -0.1) is 0 Å². The molecule has 2 N–H and O–H groups in total. The normalized spacial score (nSPS) is 26.9. The lowest BCUT2D eigenvalue weighted by molar-refractivity contribution is 0.347. The zero-order valence-electron chi connectivity index (χ0n) is 9.34. The molecule has 1 saturated carbocycles. The van der Waals surface area contributed by atoms with Crippen molar-refractivity contribution in [3.63, 3.8) is 0 Å². The van der Waals surface area contributed by atoms with Gasteiger partial charge < -0.3 is 10.3 Å². The summed E-state index contributed by atoms with van der Waals surface area (Å²) < 4.78 is 0. The van der Waals surface area contributed by atoms with E-state index in [9.17, 15) is 0 Å². The molecule has 2 aliphatic rings. The van der Waals surface area contributed by atoms with Crippen molar-refractivity contribution in [1.82, 2.24) is 15.3 Å². The van der Waals surface area contributed by atoms with Gasteiger partial charge in [0.1, 0.15) is 5.82 Å². The number of nitrogens with one attached hydrogen (secondary N) is 2. The summed E-state index contributed by atoms with van der Waals surface area (Å²) in [6, 6.07) is 0.529. The molecule has 3 rings (SSSR count). The highest BCUT2D eigenvalue weighted by atomic mass is 15.0. The SMILES string of the molecule is Cc1nc2c([nH]1)CCNC2C1CCCC1. The van der Waals surface area contributed by atoms with Crippen LogP contribution in [-0.4, -0.2) is 16.5 Å². The van der Waals surface area contributed by atoms with Crippen molar-refractivity contribution in [1.29, 1.82) is 0 Å². The van der Waals surface area contributed by atoms with Crippen LogP contribution in [-0.2, 0) is 6.42 Å². The number of hydrogen-bond acceptors (Lipinski definition) is 2. The first-order chi connectivity index (χ1) is 7.34. The maximum Gasteiger partial charge on any atom is 0.103 e. The number of hydrogen-bond donors (Lipinski definition) is 2. The van der Waals surface area contributed by atoms with Gasteiger partial charge in [-0.1, -0.05) is 12.8 Å². The molecular formula is C12H19N3. The maximum atomic E-state index is 4.66. The molecule has 0 aromatic carbocycles. The number of aromatic nitrogens is 2. The van der Waals surface area contributed by atoms with Gasteiger partial charge in [-0.2, -0.15) is 0 Å². The second kappa shape index (κ2) is 3.63. The van der Waals surface area contributed by atoms with E-state index in [1.54, 1.807) is 0 Å². The molecule has 3 heteroatoms. The van der Waals surface area contributed by atoms with E-state index in [4.69, 9.17) is 0 Å². The largest absolute Gasteiger partial charge is 0.346 e. The summed E-state index contributed by atoms with van der Waals surface area (Å²) in [6.07, 6.45) is 6.68. The van der Waals surface area contributed by atoms with Crippen molar-refractivity contribution >= 4 is 0 Å². The van der Waals surface area contributed by atoms with Gasteiger partial charge in [0, 0.05) is 18.7 Å². The second-order valence-electron chi connectivity index (χ2n) is 4.91. The zero-order chi connectivity index (χ0) is 10.3. The molecule has 2 heterocycles. The molecular weight excluding hydrogens is 186 g/mol. The highest BCUT2D eigenvalue weighted by molar-refractivity contribution is 5.22. The van der Waals surface area contributed by atoms with Gasteiger partial charge >= 0.3 is 0 Å². The third-order valence-corrected chi connectivity index (χ3v) is 3.83. The van der Waals surface area contributed by atoms with Crippen LogP contribution in [0, 0.1) is 12.8 Å². The van der Waals surface area contributed by atoms with Crippen molar-refractivity contribution in [2.75, 3.05) is 6.54 Å². The van der Waals surface area contributed by atoms with E-state index in [1.807, 2.05) is 0 Å². The molecule has 0 saturated heterocycles. The van der Waals surface area contributed by atoms with Crippen LogP contribution in [0.3, 0.4) is 0 Å². The predicted molar refractivity (Wildman–Crippen MR) is 59.7 cm³/mol. The average molecular weight is 205 g/mol. The lowest BCUT2D eigenvalue weighted by Gasteiger charge is -2.27. The first-order valence-corrected chi connectivity index (χ1v) is 6.13. The molecule has 1 atom stereocenters. The van der Waals surface area contributed by atoms with Crippen molar-refractivity contribution in [2.45, 2.75) is 45.1 Å². The molecule has 82 valence electrons. The summed E-state index contributed by atoms with van der Waals surface area (Å²) in [4.78, 5) is 8.06. The predicted octanol–water partition coefficient (Wildman–Crippen LogP) is 2.10. The van der Waals surface area contributed by atoms with Crippen LogP contribution < -0.4 is 5.32 Å². The molecule has 0 radical (unpaired) electrons. The first-order valence-electron chi connectivity index (χ1n) is 6.13. The van der Waals surface area contributed by atoms with Crippen LogP contribution in [0.5, 0.6) is 0 Å². The second-order valence-corrected chi connectivity index (χ2v) is 4.91. The molecule has 3 nitrogen and oxygen atoms in total. The number of nitrogens with zero attached hydrogens (tertiary/aromatic N) is 1. The lowest BCUT2D eigenvalue weighted by atomic mass is 9.91. The molecule has 1 fully saturated rings. The van der Waals surface area contributed by atoms with Gasteiger partial charge in [-0.3, -0.25) is 0 Å². The fraction of sp³-hybridized carbons (Fsp3) is 0.750. The van der Waals surface area contributed by atoms with Gasteiger partial charge in [0.2, 0.25) is 0 Å². The zero-order valence-corrected chi connectivity index (χ0v) is 9.34. The summed E-state index contributed by atoms with van der Waals surface area (Å²) in [5, 5.41) is 3.65. The molecule has 15 heavy (non-hydrogen) atoms. The van der Waals surface area contributed by atoms with Crippen molar-refractivity contribution in [2.24, 2.45) is 5.92 Å². The Kier molecular flexibility index (Phi) is 2.28. The van der Waals surface area contributed by atoms with Gasteiger partial charge in [-0.05, 0) is 25.7 Å².